The van der Waals surface area contributed by atoms with E-state index in [1.807, 2.05) is 6.07 Å². The van der Waals surface area contributed by atoms with Gasteiger partial charge < -0.3 is 10.2 Å². The Morgan fingerprint density at radius 2 is 1.69 bits per heavy atom. The molecular weight excluding hydrogens is 166 g/mol. The van der Waals surface area contributed by atoms with E-state index in [1.54, 1.807) is 0 Å². The summed E-state index contributed by atoms with van der Waals surface area (Å²) in [5.74, 6) is 0. The van der Waals surface area contributed by atoms with Crippen LogP contribution in [0.4, 0.5) is 0 Å². The highest BCUT2D eigenvalue weighted by Crippen LogP contribution is 2.08. The van der Waals surface area contributed by atoms with Crippen molar-refractivity contribution in [1.82, 2.24) is 0 Å². The molecule has 0 aromatic rings. The molecule has 0 spiro atoms. The summed E-state index contributed by atoms with van der Waals surface area (Å²) in [6.07, 6.45) is 5.65. The monoisotopic (exact) mass is 185 g/mol. The lowest BCUT2D eigenvalue weighted by atomic mass is 10.1. The molecule has 0 heterocycles. The largest absolute Gasteiger partial charge is 0.396 e. The summed E-state index contributed by atoms with van der Waals surface area (Å²) in [5.41, 5.74) is 0. The molecule has 0 aliphatic rings. The number of rotatable bonds is 8. The van der Waals surface area contributed by atoms with Gasteiger partial charge in [-0.25, -0.2) is 0 Å². The van der Waals surface area contributed by atoms with Gasteiger partial charge in [0.1, 0.15) is 0 Å². The number of nitrogens with zero attached hydrogens (tertiary/aromatic N) is 1. The van der Waals surface area contributed by atoms with Crippen LogP contribution >= 0.6 is 0 Å². The number of hydrogen-bond donors (Lipinski definition) is 2. The first-order valence-corrected chi connectivity index (χ1v) is 4.97. The molecule has 13 heavy (non-hydrogen) atoms. The number of aliphatic hydroxyl groups is 2. The maximum atomic E-state index is 9.19. The van der Waals surface area contributed by atoms with Gasteiger partial charge in [-0.3, -0.25) is 0 Å². The predicted molar refractivity (Wildman–Crippen MR) is 51.0 cm³/mol. The lowest BCUT2D eigenvalue weighted by Crippen LogP contribution is -2.04. The van der Waals surface area contributed by atoms with E-state index in [-0.39, 0.29) is 13.0 Å². The van der Waals surface area contributed by atoms with Gasteiger partial charge in [0.05, 0.1) is 18.6 Å². The highest BCUT2D eigenvalue weighted by atomic mass is 16.3. The second kappa shape index (κ2) is 9.50. The molecule has 1 unspecified atom stereocenters. The van der Waals surface area contributed by atoms with E-state index in [0.717, 1.165) is 38.5 Å². The van der Waals surface area contributed by atoms with Gasteiger partial charge in [0.2, 0.25) is 0 Å². The Bertz CT molecular complexity index is 142. The first kappa shape index (κ1) is 12.4. The van der Waals surface area contributed by atoms with Crippen molar-refractivity contribution in [2.75, 3.05) is 6.61 Å². The smallest absolute Gasteiger partial charge is 0.0670 e. The fraction of sp³-hybridized carbons (Fsp3) is 0.900. The van der Waals surface area contributed by atoms with E-state index in [1.165, 1.54) is 0 Å². The summed E-state index contributed by atoms with van der Waals surface area (Å²) < 4.78 is 0. The minimum atomic E-state index is -0.442. The Morgan fingerprint density at radius 1 is 1.08 bits per heavy atom. The van der Waals surface area contributed by atoms with E-state index in [0.29, 0.717) is 0 Å². The highest BCUT2D eigenvalue weighted by molar-refractivity contribution is 4.74. The van der Waals surface area contributed by atoms with Crippen LogP contribution in [0, 0.1) is 11.3 Å². The molecule has 0 amide bonds. The third-order valence-corrected chi connectivity index (χ3v) is 2.02. The first-order valence-electron chi connectivity index (χ1n) is 4.97. The Morgan fingerprint density at radius 3 is 2.31 bits per heavy atom. The zero-order valence-corrected chi connectivity index (χ0v) is 8.08. The summed E-state index contributed by atoms with van der Waals surface area (Å²) in [6.45, 7) is 0.275. The van der Waals surface area contributed by atoms with Crippen molar-refractivity contribution in [2.24, 2.45) is 0 Å². The van der Waals surface area contributed by atoms with Crippen molar-refractivity contribution in [3.8, 4) is 6.07 Å². The Hall–Kier alpha value is -0.590. The van der Waals surface area contributed by atoms with Gasteiger partial charge in [-0.15, -0.1) is 0 Å². The zero-order chi connectivity index (χ0) is 9.94. The summed E-state index contributed by atoms with van der Waals surface area (Å²) >= 11 is 0. The number of hydrogen-bond acceptors (Lipinski definition) is 3. The molecule has 0 aliphatic carbocycles. The fourth-order valence-electron chi connectivity index (χ4n) is 1.23. The molecule has 1 atom stereocenters. The van der Waals surface area contributed by atoms with Gasteiger partial charge in [0.25, 0.3) is 0 Å². The van der Waals surface area contributed by atoms with Crippen LogP contribution in [-0.2, 0) is 0 Å². The summed E-state index contributed by atoms with van der Waals surface area (Å²) in [6, 6.07) is 1.95. The van der Waals surface area contributed by atoms with Crippen molar-refractivity contribution >= 4 is 0 Å². The normalized spacial score (nSPS) is 12.4. The molecule has 0 aliphatic heterocycles. The van der Waals surface area contributed by atoms with E-state index < -0.39 is 6.10 Å². The second-order valence-electron chi connectivity index (χ2n) is 3.30. The minimum absolute atomic E-state index is 0.247. The van der Waals surface area contributed by atoms with E-state index >= 15 is 0 Å². The van der Waals surface area contributed by atoms with Crippen LogP contribution in [0.25, 0.3) is 0 Å². The Balaban J connectivity index is 3.03. The third-order valence-electron chi connectivity index (χ3n) is 2.02. The molecule has 0 saturated carbocycles. The molecule has 0 fully saturated rings. The molecule has 3 heteroatoms. The number of aliphatic hydroxyl groups excluding tert-OH is 2. The molecule has 0 aromatic carbocycles. The van der Waals surface area contributed by atoms with Crippen molar-refractivity contribution in [1.29, 1.82) is 5.26 Å². The maximum absolute atomic E-state index is 9.19. The van der Waals surface area contributed by atoms with Crippen LogP contribution in [0.1, 0.15) is 44.9 Å². The summed E-state index contributed by atoms with van der Waals surface area (Å²) in [4.78, 5) is 0. The maximum Gasteiger partial charge on any atom is 0.0670 e. The molecule has 0 radical (unpaired) electrons. The molecule has 2 N–H and O–H groups in total. The Labute approximate surface area is 80.0 Å². The van der Waals surface area contributed by atoms with Crippen LogP contribution < -0.4 is 0 Å². The molecule has 76 valence electrons. The highest BCUT2D eigenvalue weighted by Gasteiger charge is 2.01. The lowest BCUT2D eigenvalue weighted by Gasteiger charge is -2.05. The van der Waals surface area contributed by atoms with E-state index in [9.17, 15) is 5.11 Å². The van der Waals surface area contributed by atoms with Crippen LogP contribution in [0.15, 0.2) is 0 Å². The first-order chi connectivity index (χ1) is 6.31. The van der Waals surface area contributed by atoms with Gasteiger partial charge in [-0.1, -0.05) is 25.7 Å². The summed E-state index contributed by atoms with van der Waals surface area (Å²) in [5, 5.41) is 26.0. The fourth-order valence-corrected chi connectivity index (χ4v) is 1.23. The van der Waals surface area contributed by atoms with E-state index in [2.05, 4.69) is 0 Å². The lowest BCUT2D eigenvalue weighted by molar-refractivity contribution is 0.165. The van der Waals surface area contributed by atoms with Crippen LogP contribution in [0.5, 0.6) is 0 Å². The molecule has 0 aromatic heterocycles. The standard InChI is InChI=1S/C10H19NO2/c11-8-7-10(13)6-4-2-1-3-5-9-12/h10,12-13H,1-7,9H2. The molecule has 3 nitrogen and oxygen atoms in total. The quantitative estimate of drug-likeness (QED) is 0.564. The van der Waals surface area contributed by atoms with Crippen molar-refractivity contribution < 1.29 is 10.2 Å². The van der Waals surface area contributed by atoms with Crippen molar-refractivity contribution in [3.63, 3.8) is 0 Å². The second-order valence-corrected chi connectivity index (χ2v) is 3.30. The average molecular weight is 185 g/mol. The average Bonchev–Trinajstić information content (AvgIpc) is 2.11. The third kappa shape index (κ3) is 9.32. The van der Waals surface area contributed by atoms with Gasteiger partial charge >= 0.3 is 0 Å². The van der Waals surface area contributed by atoms with Gasteiger partial charge in [-0.05, 0) is 12.8 Å². The van der Waals surface area contributed by atoms with Crippen molar-refractivity contribution in [2.45, 2.75) is 51.0 Å². The van der Waals surface area contributed by atoms with Gasteiger partial charge in [0.15, 0.2) is 0 Å². The predicted octanol–water partition coefficient (Wildman–Crippen LogP) is 1.59. The number of nitriles is 1. The number of unbranched alkanes of at least 4 members (excludes halogenated alkanes) is 4. The summed E-state index contributed by atoms with van der Waals surface area (Å²) in [7, 11) is 0. The van der Waals surface area contributed by atoms with E-state index in [4.69, 9.17) is 10.4 Å². The topological polar surface area (TPSA) is 64.2 Å². The Kier molecular flexibility index (Phi) is 9.07. The van der Waals surface area contributed by atoms with Crippen LogP contribution in [-0.4, -0.2) is 22.9 Å². The SMILES string of the molecule is N#CCC(O)CCCCCCCO. The van der Waals surface area contributed by atoms with Gasteiger partial charge in [-0.2, -0.15) is 5.26 Å². The van der Waals surface area contributed by atoms with Crippen LogP contribution in [0.2, 0.25) is 0 Å². The molecule has 0 bridgehead atoms. The zero-order valence-electron chi connectivity index (χ0n) is 8.08. The van der Waals surface area contributed by atoms with Crippen LogP contribution in [0.3, 0.4) is 0 Å². The van der Waals surface area contributed by atoms with Gasteiger partial charge in [0, 0.05) is 6.61 Å². The molecule has 0 rings (SSSR count). The molecular formula is C10H19NO2. The molecule has 0 saturated heterocycles. The minimum Gasteiger partial charge on any atom is -0.396 e. The van der Waals surface area contributed by atoms with Crippen molar-refractivity contribution in [3.05, 3.63) is 0 Å².